The molecule has 0 saturated heterocycles. The Hall–Kier alpha value is -2.86. The molecule has 1 aromatic heterocycles. The number of alkyl carbamates (subject to hydrolysis) is 1. The van der Waals surface area contributed by atoms with Crippen molar-refractivity contribution in [3.8, 4) is 16.3 Å². The van der Waals surface area contributed by atoms with Crippen LogP contribution in [-0.2, 0) is 24.2 Å². The summed E-state index contributed by atoms with van der Waals surface area (Å²) in [6, 6.07) is 17.9. The maximum absolute atomic E-state index is 12.2. The Morgan fingerprint density at radius 3 is 2.74 bits per heavy atom. The summed E-state index contributed by atoms with van der Waals surface area (Å²) in [5.74, 6) is 0.900. The van der Waals surface area contributed by atoms with Gasteiger partial charge in [-0.1, -0.05) is 43.7 Å². The minimum atomic E-state index is -0.369. The summed E-state index contributed by atoms with van der Waals surface area (Å²) in [6.45, 7) is 3.19. The Morgan fingerprint density at radius 2 is 1.97 bits per heavy atom. The number of benzene rings is 2. The number of amides is 1. The van der Waals surface area contributed by atoms with Crippen molar-refractivity contribution < 1.29 is 14.3 Å². The van der Waals surface area contributed by atoms with Gasteiger partial charge in [-0.25, -0.2) is 9.78 Å². The van der Waals surface area contributed by atoms with Crippen LogP contribution in [0.4, 0.5) is 4.79 Å². The molecule has 2 aromatic carbocycles. The van der Waals surface area contributed by atoms with E-state index in [4.69, 9.17) is 14.5 Å². The van der Waals surface area contributed by atoms with Crippen LogP contribution in [0, 0.1) is 0 Å². The van der Waals surface area contributed by atoms with Gasteiger partial charge in [-0.05, 0) is 49.1 Å². The van der Waals surface area contributed by atoms with Crippen molar-refractivity contribution in [2.75, 3.05) is 6.61 Å². The minimum Gasteiger partial charge on any atom is -0.494 e. The highest BCUT2D eigenvalue weighted by Gasteiger charge is 2.24. The number of carbonyl (C=O) groups is 1. The second-order valence-corrected chi connectivity index (χ2v) is 8.84. The minimum absolute atomic E-state index is 0.0556. The van der Waals surface area contributed by atoms with Crippen molar-refractivity contribution in [1.29, 1.82) is 0 Å². The lowest BCUT2D eigenvalue weighted by molar-refractivity contribution is 0.134. The van der Waals surface area contributed by atoms with E-state index < -0.39 is 0 Å². The van der Waals surface area contributed by atoms with Crippen molar-refractivity contribution >= 4 is 17.4 Å². The molecule has 31 heavy (non-hydrogen) atoms. The molecule has 0 bridgehead atoms. The van der Waals surface area contributed by atoms with Crippen LogP contribution >= 0.6 is 11.3 Å². The summed E-state index contributed by atoms with van der Waals surface area (Å²) in [6.07, 6.45) is 4.39. The zero-order valence-electron chi connectivity index (χ0n) is 17.8. The fourth-order valence-corrected chi connectivity index (χ4v) is 4.70. The van der Waals surface area contributed by atoms with E-state index in [2.05, 4.69) is 24.4 Å². The highest BCUT2D eigenvalue weighted by atomic mass is 32.1. The van der Waals surface area contributed by atoms with Crippen molar-refractivity contribution in [2.24, 2.45) is 0 Å². The standard InChI is InChI=1S/C25H28N2O3S/c1-2-3-15-29-21-12-9-19(10-13-21)24-27-22-16-20(11-14-23(22)31-24)26-25(28)30-17-18-7-5-4-6-8-18/h4-10,12-13,20H,2-3,11,14-17H2,1H3,(H,26,28). The van der Waals surface area contributed by atoms with Gasteiger partial charge < -0.3 is 14.8 Å². The molecular formula is C25H28N2O3S. The molecule has 162 valence electrons. The first-order chi connectivity index (χ1) is 15.2. The smallest absolute Gasteiger partial charge is 0.407 e. The van der Waals surface area contributed by atoms with Crippen LogP contribution in [-0.4, -0.2) is 23.7 Å². The van der Waals surface area contributed by atoms with E-state index in [1.54, 1.807) is 11.3 Å². The number of nitrogens with zero attached hydrogens (tertiary/aromatic N) is 1. The van der Waals surface area contributed by atoms with Gasteiger partial charge in [0.2, 0.25) is 0 Å². The Labute approximate surface area is 187 Å². The highest BCUT2D eigenvalue weighted by Crippen LogP contribution is 2.33. The number of nitrogens with one attached hydrogen (secondary N) is 1. The number of fused-ring (bicyclic) bond motifs is 1. The molecule has 0 aliphatic heterocycles. The first-order valence-corrected chi connectivity index (χ1v) is 11.7. The van der Waals surface area contributed by atoms with Crippen LogP contribution in [0.15, 0.2) is 54.6 Å². The summed E-state index contributed by atoms with van der Waals surface area (Å²) < 4.78 is 11.1. The van der Waals surface area contributed by atoms with Crippen LogP contribution in [0.3, 0.4) is 0 Å². The van der Waals surface area contributed by atoms with Crippen LogP contribution in [0.1, 0.15) is 42.3 Å². The number of aromatic nitrogens is 1. The third-order valence-electron chi connectivity index (χ3n) is 5.34. The summed E-state index contributed by atoms with van der Waals surface area (Å²) in [5, 5.41) is 4.02. The fraction of sp³-hybridized carbons (Fsp3) is 0.360. The van der Waals surface area contributed by atoms with E-state index in [1.807, 2.05) is 42.5 Å². The zero-order valence-corrected chi connectivity index (χ0v) is 18.6. The van der Waals surface area contributed by atoms with E-state index in [9.17, 15) is 4.79 Å². The first kappa shape index (κ1) is 21.4. The van der Waals surface area contributed by atoms with Gasteiger partial charge in [0.05, 0.1) is 12.3 Å². The number of carbonyl (C=O) groups excluding carboxylic acids is 1. The molecule has 0 saturated carbocycles. The normalized spacial score (nSPS) is 15.2. The van der Waals surface area contributed by atoms with Gasteiger partial charge in [0.25, 0.3) is 0 Å². The van der Waals surface area contributed by atoms with Gasteiger partial charge >= 0.3 is 6.09 Å². The summed E-state index contributed by atoms with van der Waals surface area (Å²) in [4.78, 5) is 18.4. The average molecular weight is 437 g/mol. The van der Waals surface area contributed by atoms with E-state index in [0.29, 0.717) is 0 Å². The van der Waals surface area contributed by atoms with Crippen molar-refractivity contribution in [3.05, 3.63) is 70.7 Å². The van der Waals surface area contributed by atoms with Gasteiger partial charge in [-0.2, -0.15) is 0 Å². The summed E-state index contributed by atoms with van der Waals surface area (Å²) in [7, 11) is 0. The molecule has 0 spiro atoms. The van der Waals surface area contributed by atoms with Crippen molar-refractivity contribution in [1.82, 2.24) is 10.3 Å². The van der Waals surface area contributed by atoms with Gasteiger partial charge in [0, 0.05) is 22.9 Å². The number of rotatable bonds is 8. The molecule has 1 aliphatic rings. The zero-order chi connectivity index (χ0) is 21.5. The molecule has 1 N–H and O–H groups in total. The molecule has 6 heteroatoms. The monoisotopic (exact) mass is 436 g/mol. The summed E-state index contributed by atoms with van der Waals surface area (Å²) >= 11 is 1.75. The fourth-order valence-electron chi connectivity index (χ4n) is 3.59. The molecule has 0 fully saturated rings. The predicted molar refractivity (Wildman–Crippen MR) is 124 cm³/mol. The highest BCUT2D eigenvalue weighted by molar-refractivity contribution is 7.15. The van der Waals surface area contributed by atoms with Crippen LogP contribution in [0.5, 0.6) is 5.75 Å². The number of unbranched alkanes of at least 4 members (excludes halogenated alkanes) is 1. The van der Waals surface area contributed by atoms with E-state index in [1.165, 1.54) is 4.88 Å². The summed E-state index contributed by atoms with van der Waals surface area (Å²) in [5.41, 5.74) is 3.17. The van der Waals surface area contributed by atoms with Crippen molar-refractivity contribution in [3.63, 3.8) is 0 Å². The van der Waals surface area contributed by atoms with Crippen LogP contribution < -0.4 is 10.1 Å². The molecule has 5 nitrogen and oxygen atoms in total. The maximum Gasteiger partial charge on any atom is 0.407 e. The third kappa shape index (κ3) is 5.85. The second-order valence-electron chi connectivity index (χ2n) is 7.76. The number of ether oxygens (including phenoxy) is 2. The Bertz CT molecular complexity index is 986. The van der Waals surface area contributed by atoms with Crippen LogP contribution in [0.25, 0.3) is 10.6 Å². The second kappa shape index (κ2) is 10.4. The Morgan fingerprint density at radius 1 is 1.16 bits per heavy atom. The SMILES string of the molecule is CCCCOc1ccc(-c2nc3c(s2)CCC(NC(=O)OCc2ccccc2)C3)cc1. The Balaban J connectivity index is 1.31. The number of thiazole rings is 1. The molecule has 1 atom stereocenters. The van der Waals surface area contributed by atoms with E-state index in [0.717, 1.165) is 66.3 Å². The topological polar surface area (TPSA) is 60.5 Å². The van der Waals surface area contributed by atoms with Gasteiger partial charge in [-0.15, -0.1) is 11.3 Å². The molecule has 4 rings (SSSR count). The van der Waals surface area contributed by atoms with Gasteiger partial charge in [-0.3, -0.25) is 0 Å². The lowest BCUT2D eigenvalue weighted by Gasteiger charge is -2.22. The number of hydrogen-bond donors (Lipinski definition) is 1. The molecule has 1 unspecified atom stereocenters. The molecule has 0 radical (unpaired) electrons. The van der Waals surface area contributed by atoms with Gasteiger partial charge in [0.15, 0.2) is 0 Å². The molecule has 3 aromatic rings. The number of aryl methyl sites for hydroxylation is 1. The predicted octanol–water partition coefficient (Wildman–Crippen LogP) is 5.77. The van der Waals surface area contributed by atoms with Crippen molar-refractivity contribution in [2.45, 2.75) is 51.7 Å². The molecule has 1 aliphatic carbocycles. The molecule has 1 heterocycles. The third-order valence-corrected chi connectivity index (χ3v) is 6.55. The number of hydrogen-bond acceptors (Lipinski definition) is 5. The average Bonchev–Trinajstić information content (AvgIpc) is 3.22. The lowest BCUT2D eigenvalue weighted by atomic mass is 9.98. The van der Waals surface area contributed by atoms with Crippen LogP contribution in [0.2, 0.25) is 0 Å². The quantitative estimate of drug-likeness (QED) is 0.455. The van der Waals surface area contributed by atoms with E-state index >= 15 is 0 Å². The van der Waals surface area contributed by atoms with E-state index in [-0.39, 0.29) is 18.7 Å². The maximum atomic E-state index is 12.2. The lowest BCUT2D eigenvalue weighted by Crippen LogP contribution is -2.39. The largest absolute Gasteiger partial charge is 0.494 e. The van der Waals surface area contributed by atoms with Gasteiger partial charge in [0.1, 0.15) is 17.4 Å². The Kier molecular flexibility index (Phi) is 7.20. The molecular weight excluding hydrogens is 408 g/mol. The molecule has 1 amide bonds. The first-order valence-electron chi connectivity index (χ1n) is 10.9.